The Balaban J connectivity index is 2.01. The lowest BCUT2D eigenvalue weighted by atomic mass is 10.2. The molecule has 0 aliphatic rings. The Hall–Kier alpha value is -2.01. The first-order valence-electron chi connectivity index (χ1n) is 5.50. The fourth-order valence-corrected chi connectivity index (χ4v) is 1.79. The average molecular weight is 321 g/mol. The molecule has 0 fully saturated rings. The van der Waals surface area contributed by atoms with Crippen LogP contribution in [0.3, 0.4) is 0 Å². The van der Waals surface area contributed by atoms with E-state index in [2.05, 4.69) is 26.5 Å². The van der Waals surface area contributed by atoms with E-state index in [9.17, 15) is 9.18 Å². The van der Waals surface area contributed by atoms with E-state index < -0.39 is 0 Å². The predicted octanol–water partition coefficient (Wildman–Crippen LogP) is 3.35. The van der Waals surface area contributed by atoms with Gasteiger partial charge in [0.15, 0.2) is 0 Å². The molecule has 96 valence electrons. The lowest BCUT2D eigenvalue weighted by Gasteiger charge is -2.00. The molecular formula is C14H10BrFN2O. The van der Waals surface area contributed by atoms with E-state index in [1.807, 2.05) is 24.3 Å². The third-order valence-electron chi connectivity index (χ3n) is 2.38. The summed E-state index contributed by atoms with van der Waals surface area (Å²) in [4.78, 5) is 11.7. The molecule has 19 heavy (non-hydrogen) atoms. The van der Waals surface area contributed by atoms with Crippen molar-refractivity contribution in [3.63, 3.8) is 0 Å². The standard InChI is InChI=1S/C14H10BrFN2O/c15-13-4-2-1-3-11(13)9-17-18-14(19)10-5-7-12(16)8-6-10/h1-9H,(H,18,19)/b17-9+. The smallest absolute Gasteiger partial charge is 0.267 e. The molecule has 2 aromatic rings. The fourth-order valence-electron chi connectivity index (χ4n) is 1.41. The van der Waals surface area contributed by atoms with E-state index in [0.717, 1.165) is 10.0 Å². The van der Waals surface area contributed by atoms with Gasteiger partial charge in [-0.3, -0.25) is 4.79 Å². The number of benzene rings is 2. The fraction of sp³-hybridized carbons (Fsp3) is 0. The van der Waals surface area contributed by atoms with E-state index in [1.54, 1.807) is 0 Å². The van der Waals surface area contributed by atoms with Gasteiger partial charge in [0.2, 0.25) is 0 Å². The predicted molar refractivity (Wildman–Crippen MR) is 75.6 cm³/mol. The van der Waals surface area contributed by atoms with Gasteiger partial charge in [0.1, 0.15) is 5.82 Å². The highest BCUT2D eigenvalue weighted by Gasteiger charge is 2.03. The maximum absolute atomic E-state index is 12.7. The maximum atomic E-state index is 12.7. The van der Waals surface area contributed by atoms with Crippen molar-refractivity contribution < 1.29 is 9.18 Å². The molecule has 1 amide bonds. The molecule has 0 saturated heterocycles. The summed E-state index contributed by atoms with van der Waals surface area (Å²) >= 11 is 3.37. The van der Waals surface area contributed by atoms with Crippen LogP contribution in [0.4, 0.5) is 4.39 Å². The average Bonchev–Trinajstić information content (AvgIpc) is 2.41. The van der Waals surface area contributed by atoms with Gasteiger partial charge in [0.05, 0.1) is 6.21 Å². The summed E-state index contributed by atoms with van der Waals surface area (Å²) in [5.74, 6) is -0.767. The highest BCUT2D eigenvalue weighted by molar-refractivity contribution is 9.10. The van der Waals surface area contributed by atoms with Crippen molar-refractivity contribution in [3.05, 3.63) is 69.9 Å². The molecule has 0 spiro atoms. The summed E-state index contributed by atoms with van der Waals surface area (Å²) in [5, 5.41) is 3.85. The normalized spacial score (nSPS) is 10.6. The van der Waals surface area contributed by atoms with Crippen LogP contribution in [-0.4, -0.2) is 12.1 Å². The van der Waals surface area contributed by atoms with Crippen LogP contribution < -0.4 is 5.43 Å². The number of carbonyl (C=O) groups is 1. The highest BCUT2D eigenvalue weighted by Crippen LogP contribution is 2.13. The van der Waals surface area contributed by atoms with E-state index in [-0.39, 0.29) is 11.7 Å². The van der Waals surface area contributed by atoms with Gasteiger partial charge >= 0.3 is 0 Å². The third kappa shape index (κ3) is 3.72. The molecule has 3 nitrogen and oxygen atoms in total. The van der Waals surface area contributed by atoms with Crippen molar-refractivity contribution in [2.75, 3.05) is 0 Å². The van der Waals surface area contributed by atoms with Crippen LogP contribution >= 0.6 is 15.9 Å². The van der Waals surface area contributed by atoms with Gasteiger partial charge in [0.25, 0.3) is 5.91 Å². The first-order chi connectivity index (χ1) is 9.16. The van der Waals surface area contributed by atoms with Crippen LogP contribution in [0.15, 0.2) is 58.1 Å². The largest absolute Gasteiger partial charge is 0.271 e. The number of carbonyl (C=O) groups excluding carboxylic acids is 1. The first kappa shape index (κ1) is 13.4. The number of rotatable bonds is 3. The number of hydrogen-bond donors (Lipinski definition) is 1. The zero-order valence-electron chi connectivity index (χ0n) is 9.81. The monoisotopic (exact) mass is 320 g/mol. The topological polar surface area (TPSA) is 41.5 Å². The van der Waals surface area contributed by atoms with Crippen molar-refractivity contribution in [2.45, 2.75) is 0 Å². The Morgan fingerprint density at radius 3 is 2.53 bits per heavy atom. The second kappa shape index (κ2) is 6.24. The van der Waals surface area contributed by atoms with Crippen LogP contribution in [-0.2, 0) is 0 Å². The van der Waals surface area contributed by atoms with E-state index in [0.29, 0.717) is 5.56 Å². The van der Waals surface area contributed by atoms with Crippen LogP contribution in [0.1, 0.15) is 15.9 Å². The summed E-state index contributed by atoms with van der Waals surface area (Å²) in [7, 11) is 0. The number of hydrogen-bond acceptors (Lipinski definition) is 2. The van der Waals surface area contributed by atoms with E-state index >= 15 is 0 Å². The molecule has 2 aromatic carbocycles. The van der Waals surface area contributed by atoms with Gasteiger partial charge in [-0.15, -0.1) is 0 Å². The van der Waals surface area contributed by atoms with Gasteiger partial charge in [-0.1, -0.05) is 34.1 Å². The molecule has 0 aliphatic carbocycles. The van der Waals surface area contributed by atoms with Crippen molar-refractivity contribution in [3.8, 4) is 0 Å². The number of nitrogens with one attached hydrogen (secondary N) is 1. The summed E-state index contributed by atoms with van der Waals surface area (Å²) in [5.41, 5.74) is 3.58. The van der Waals surface area contributed by atoms with Gasteiger partial charge < -0.3 is 0 Å². The zero-order chi connectivity index (χ0) is 13.7. The van der Waals surface area contributed by atoms with Crippen molar-refractivity contribution in [1.29, 1.82) is 0 Å². The number of amides is 1. The Morgan fingerprint density at radius 2 is 1.84 bits per heavy atom. The van der Waals surface area contributed by atoms with Gasteiger partial charge in [-0.05, 0) is 30.3 Å². The van der Waals surface area contributed by atoms with Gasteiger partial charge in [-0.25, -0.2) is 9.82 Å². The second-order valence-corrected chi connectivity index (χ2v) is 4.58. The third-order valence-corrected chi connectivity index (χ3v) is 3.10. The van der Waals surface area contributed by atoms with Gasteiger partial charge in [0, 0.05) is 15.6 Å². The summed E-state index contributed by atoms with van der Waals surface area (Å²) in [6, 6.07) is 12.8. The number of hydrazone groups is 1. The summed E-state index contributed by atoms with van der Waals surface area (Å²) < 4.78 is 13.6. The molecule has 2 rings (SSSR count). The Kier molecular flexibility index (Phi) is 4.41. The lowest BCUT2D eigenvalue weighted by Crippen LogP contribution is -2.17. The van der Waals surface area contributed by atoms with Crippen molar-refractivity contribution >= 4 is 28.1 Å². The molecule has 0 unspecified atom stereocenters. The highest BCUT2D eigenvalue weighted by atomic mass is 79.9. The van der Waals surface area contributed by atoms with Crippen LogP contribution in [0.5, 0.6) is 0 Å². The quantitative estimate of drug-likeness (QED) is 0.684. The Morgan fingerprint density at radius 1 is 1.16 bits per heavy atom. The molecule has 1 N–H and O–H groups in total. The first-order valence-corrected chi connectivity index (χ1v) is 6.29. The number of halogens is 2. The van der Waals surface area contributed by atoms with Crippen LogP contribution in [0, 0.1) is 5.82 Å². The van der Waals surface area contributed by atoms with E-state index in [4.69, 9.17) is 0 Å². The molecule has 0 radical (unpaired) electrons. The minimum Gasteiger partial charge on any atom is -0.267 e. The van der Waals surface area contributed by atoms with Crippen LogP contribution in [0.25, 0.3) is 0 Å². The molecule has 0 aromatic heterocycles. The maximum Gasteiger partial charge on any atom is 0.271 e. The Labute approximate surface area is 118 Å². The minimum atomic E-state index is -0.386. The zero-order valence-corrected chi connectivity index (χ0v) is 11.4. The Bertz CT molecular complexity index is 611. The van der Waals surface area contributed by atoms with Gasteiger partial charge in [-0.2, -0.15) is 5.10 Å². The number of nitrogens with zero attached hydrogens (tertiary/aromatic N) is 1. The summed E-state index contributed by atoms with van der Waals surface area (Å²) in [6.45, 7) is 0. The minimum absolute atomic E-state index is 0.352. The molecule has 0 atom stereocenters. The molecular weight excluding hydrogens is 311 g/mol. The molecule has 0 bridgehead atoms. The second-order valence-electron chi connectivity index (χ2n) is 3.73. The summed E-state index contributed by atoms with van der Waals surface area (Å²) in [6.07, 6.45) is 1.53. The SMILES string of the molecule is O=C(N/N=C/c1ccccc1Br)c1ccc(F)cc1. The molecule has 0 saturated carbocycles. The van der Waals surface area contributed by atoms with Crippen molar-refractivity contribution in [2.24, 2.45) is 5.10 Å². The van der Waals surface area contributed by atoms with Crippen LogP contribution in [0.2, 0.25) is 0 Å². The lowest BCUT2D eigenvalue weighted by molar-refractivity contribution is 0.0955. The van der Waals surface area contributed by atoms with Crippen molar-refractivity contribution in [1.82, 2.24) is 5.43 Å². The molecule has 0 heterocycles. The molecule has 5 heteroatoms. The van der Waals surface area contributed by atoms with E-state index in [1.165, 1.54) is 30.5 Å². The molecule has 0 aliphatic heterocycles.